The van der Waals surface area contributed by atoms with Gasteiger partial charge in [-0.15, -0.1) is 0 Å². The smallest absolute Gasteiger partial charge is 0.234 e. The van der Waals surface area contributed by atoms with Gasteiger partial charge in [-0.1, -0.05) is 30.3 Å². The first-order valence-electron chi connectivity index (χ1n) is 8.35. The predicted molar refractivity (Wildman–Crippen MR) is 88.6 cm³/mol. The number of nitrogens with one attached hydrogen (secondary N) is 1. The molecule has 4 heteroatoms. The molecule has 1 amide bonds. The minimum Gasteiger partial charge on any atom is -0.353 e. The van der Waals surface area contributed by atoms with E-state index in [9.17, 15) is 4.79 Å². The minimum absolute atomic E-state index is 0.162. The molecule has 0 radical (unpaired) electrons. The van der Waals surface area contributed by atoms with Crippen molar-refractivity contribution in [1.82, 2.24) is 15.1 Å². The van der Waals surface area contributed by atoms with Crippen molar-refractivity contribution < 1.29 is 4.79 Å². The lowest BCUT2D eigenvalue weighted by atomic mass is 10.1. The summed E-state index contributed by atoms with van der Waals surface area (Å²) >= 11 is 0. The fraction of sp³-hybridized carbons (Fsp3) is 0.611. The Balaban J connectivity index is 1.50. The van der Waals surface area contributed by atoms with Crippen LogP contribution in [-0.2, 0) is 4.79 Å². The van der Waals surface area contributed by atoms with Crippen molar-refractivity contribution in [3.05, 3.63) is 35.9 Å². The molecular weight excluding hydrogens is 274 g/mol. The lowest BCUT2D eigenvalue weighted by Gasteiger charge is -2.28. The fourth-order valence-corrected chi connectivity index (χ4v) is 3.95. The predicted octanol–water partition coefficient (Wildman–Crippen LogP) is 1.89. The molecule has 3 unspecified atom stereocenters. The van der Waals surface area contributed by atoms with Crippen LogP contribution in [0, 0.1) is 5.92 Å². The van der Waals surface area contributed by atoms with Crippen molar-refractivity contribution in [2.45, 2.75) is 31.3 Å². The maximum absolute atomic E-state index is 12.3. The average Bonchev–Trinajstić information content (AvgIpc) is 3.11. The minimum atomic E-state index is 0.162. The van der Waals surface area contributed by atoms with Crippen LogP contribution in [0.25, 0.3) is 0 Å². The molecule has 1 N–H and O–H groups in total. The molecule has 2 bridgehead atoms. The molecular formula is C18H27N3O. The van der Waals surface area contributed by atoms with Crippen molar-refractivity contribution >= 4 is 5.91 Å². The van der Waals surface area contributed by atoms with Crippen LogP contribution < -0.4 is 5.32 Å². The van der Waals surface area contributed by atoms with E-state index in [-0.39, 0.29) is 11.9 Å². The zero-order valence-electron chi connectivity index (χ0n) is 13.7. The Morgan fingerprint density at radius 1 is 1.32 bits per heavy atom. The van der Waals surface area contributed by atoms with Crippen LogP contribution in [0.15, 0.2) is 30.3 Å². The highest BCUT2D eigenvalue weighted by molar-refractivity contribution is 5.78. The highest BCUT2D eigenvalue weighted by Crippen LogP contribution is 2.36. The first-order valence-corrected chi connectivity index (χ1v) is 8.35. The summed E-state index contributed by atoms with van der Waals surface area (Å²) in [7, 11) is 4.12. The molecule has 1 aliphatic carbocycles. The third kappa shape index (κ3) is 3.50. The summed E-state index contributed by atoms with van der Waals surface area (Å²) < 4.78 is 0. The van der Waals surface area contributed by atoms with Crippen LogP contribution in [0.2, 0.25) is 0 Å². The van der Waals surface area contributed by atoms with Crippen molar-refractivity contribution in [3.8, 4) is 0 Å². The molecule has 3 rings (SSSR count). The molecule has 2 aliphatic rings. The quantitative estimate of drug-likeness (QED) is 0.871. The molecule has 1 aromatic rings. The van der Waals surface area contributed by atoms with Crippen molar-refractivity contribution in [2.24, 2.45) is 5.92 Å². The van der Waals surface area contributed by atoms with E-state index in [0.29, 0.717) is 19.1 Å². The third-order valence-electron chi connectivity index (χ3n) is 5.17. The molecule has 4 nitrogen and oxygen atoms in total. The van der Waals surface area contributed by atoms with E-state index in [1.807, 2.05) is 6.07 Å². The Morgan fingerprint density at radius 3 is 2.68 bits per heavy atom. The van der Waals surface area contributed by atoms with Crippen LogP contribution in [0.3, 0.4) is 0 Å². The second-order valence-corrected chi connectivity index (χ2v) is 6.96. The van der Waals surface area contributed by atoms with E-state index in [1.165, 1.54) is 24.8 Å². The zero-order valence-corrected chi connectivity index (χ0v) is 13.7. The Labute approximate surface area is 133 Å². The summed E-state index contributed by atoms with van der Waals surface area (Å²) in [6.45, 7) is 2.35. The summed E-state index contributed by atoms with van der Waals surface area (Å²) in [4.78, 5) is 16.8. The van der Waals surface area contributed by atoms with E-state index in [1.54, 1.807) is 0 Å². The number of likely N-dealkylation sites (tertiary alicyclic amines) is 1. The topological polar surface area (TPSA) is 35.6 Å². The number of nitrogens with zero attached hydrogens (tertiary/aromatic N) is 2. The molecule has 1 saturated carbocycles. The molecule has 1 heterocycles. The number of amides is 1. The van der Waals surface area contributed by atoms with Gasteiger partial charge in [0.1, 0.15) is 0 Å². The van der Waals surface area contributed by atoms with E-state index < -0.39 is 0 Å². The first kappa shape index (κ1) is 15.5. The van der Waals surface area contributed by atoms with Gasteiger partial charge in [0.05, 0.1) is 12.6 Å². The number of carbonyl (C=O) groups excluding carboxylic acids is 1. The lowest BCUT2D eigenvalue weighted by molar-refractivity contribution is -0.122. The standard InChI is InChI=1S/C18H27N3O/c1-20(2)17(15-6-4-3-5-7-15)11-19-18(22)13-21-12-14-8-9-16(21)10-14/h3-7,14,16-17H,8-13H2,1-2H3,(H,19,22). The molecule has 2 fully saturated rings. The molecule has 3 atom stereocenters. The number of likely N-dealkylation sites (N-methyl/N-ethyl adjacent to an activating group) is 1. The van der Waals surface area contributed by atoms with Crippen LogP contribution in [0.1, 0.15) is 30.9 Å². The second kappa shape index (κ2) is 6.80. The highest BCUT2D eigenvalue weighted by Gasteiger charge is 2.38. The maximum Gasteiger partial charge on any atom is 0.234 e. The SMILES string of the molecule is CN(C)C(CNC(=O)CN1CC2CCC1C2)c1ccccc1. The number of fused-ring (bicyclic) bond motifs is 2. The maximum atomic E-state index is 12.3. The van der Waals surface area contributed by atoms with E-state index in [2.05, 4.69) is 53.5 Å². The largest absolute Gasteiger partial charge is 0.353 e. The van der Waals surface area contributed by atoms with E-state index in [4.69, 9.17) is 0 Å². The molecule has 120 valence electrons. The Kier molecular flexibility index (Phi) is 4.79. The molecule has 22 heavy (non-hydrogen) atoms. The van der Waals surface area contributed by atoms with Crippen LogP contribution >= 0.6 is 0 Å². The molecule has 1 saturated heterocycles. The van der Waals surface area contributed by atoms with Gasteiger partial charge in [0.15, 0.2) is 0 Å². The van der Waals surface area contributed by atoms with Gasteiger partial charge >= 0.3 is 0 Å². The van der Waals surface area contributed by atoms with Gasteiger partial charge in [0.2, 0.25) is 5.91 Å². The van der Waals surface area contributed by atoms with Crippen LogP contribution in [-0.4, -0.2) is 55.5 Å². The number of piperidine rings is 1. The summed E-state index contributed by atoms with van der Waals surface area (Å²) in [5.41, 5.74) is 1.24. The highest BCUT2D eigenvalue weighted by atomic mass is 16.2. The zero-order chi connectivity index (χ0) is 15.5. The first-order chi connectivity index (χ1) is 10.6. The van der Waals surface area contributed by atoms with Gasteiger partial charge in [-0.25, -0.2) is 0 Å². The number of benzene rings is 1. The molecule has 0 aromatic heterocycles. The Hall–Kier alpha value is -1.39. The van der Waals surface area contributed by atoms with E-state index >= 15 is 0 Å². The fourth-order valence-electron chi connectivity index (χ4n) is 3.95. The van der Waals surface area contributed by atoms with Crippen molar-refractivity contribution in [2.75, 3.05) is 33.7 Å². The van der Waals surface area contributed by atoms with Gasteiger partial charge in [0.25, 0.3) is 0 Å². The monoisotopic (exact) mass is 301 g/mol. The average molecular weight is 301 g/mol. The summed E-state index contributed by atoms with van der Waals surface area (Å²) in [6.07, 6.45) is 3.94. The number of hydrogen-bond acceptors (Lipinski definition) is 3. The lowest BCUT2D eigenvalue weighted by Crippen LogP contribution is -2.43. The van der Waals surface area contributed by atoms with Crippen LogP contribution in [0.4, 0.5) is 0 Å². The van der Waals surface area contributed by atoms with E-state index in [0.717, 1.165) is 12.5 Å². The number of rotatable bonds is 6. The van der Waals surface area contributed by atoms with Gasteiger partial charge in [-0.3, -0.25) is 9.69 Å². The molecule has 1 aromatic carbocycles. The van der Waals surface area contributed by atoms with Gasteiger partial charge in [-0.05, 0) is 44.8 Å². The summed E-state index contributed by atoms with van der Waals surface area (Å²) in [6, 6.07) is 11.3. The van der Waals surface area contributed by atoms with Crippen LogP contribution in [0.5, 0.6) is 0 Å². The third-order valence-corrected chi connectivity index (χ3v) is 5.17. The summed E-state index contributed by atoms with van der Waals surface area (Å²) in [5.74, 6) is 1.01. The number of carbonyl (C=O) groups is 1. The Bertz CT molecular complexity index is 502. The Morgan fingerprint density at radius 2 is 2.09 bits per heavy atom. The molecule has 1 aliphatic heterocycles. The number of hydrogen-bond donors (Lipinski definition) is 1. The summed E-state index contributed by atoms with van der Waals surface area (Å²) in [5, 5.41) is 3.13. The second-order valence-electron chi connectivity index (χ2n) is 6.96. The normalized spacial score (nSPS) is 25.6. The van der Waals surface area contributed by atoms with Crippen molar-refractivity contribution in [3.63, 3.8) is 0 Å². The van der Waals surface area contributed by atoms with Gasteiger partial charge < -0.3 is 10.2 Å². The van der Waals surface area contributed by atoms with Crippen molar-refractivity contribution in [1.29, 1.82) is 0 Å². The van der Waals surface area contributed by atoms with Gasteiger partial charge in [-0.2, -0.15) is 0 Å². The van der Waals surface area contributed by atoms with Gasteiger partial charge in [0, 0.05) is 19.1 Å². The molecule has 0 spiro atoms.